The smallest absolute Gasteiger partial charge is 0.187 e. The van der Waals surface area contributed by atoms with Gasteiger partial charge in [-0.15, -0.1) is 0 Å². The molecule has 0 aliphatic carbocycles. The fourth-order valence-electron chi connectivity index (χ4n) is 0. The van der Waals surface area contributed by atoms with Crippen LogP contribution in [0, 0.1) is 0 Å². The van der Waals surface area contributed by atoms with Crippen LogP contribution in [0.15, 0.2) is 0 Å². The molecule has 0 aromatic rings. The molecular weight excluding hydrogens is 119 g/mol. The Morgan fingerprint density at radius 3 is 1.83 bits per heavy atom. The van der Waals surface area contributed by atoms with Gasteiger partial charge in [-0.25, -0.2) is 4.21 Å². The summed E-state index contributed by atoms with van der Waals surface area (Å²) >= 11 is -2.02. The number of hydrogen-bond acceptors (Lipinski definition) is 2. The van der Waals surface area contributed by atoms with Crippen LogP contribution in [0.4, 0.5) is 0 Å². The van der Waals surface area contributed by atoms with Crippen LogP contribution >= 0.6 is 0 Å². The molecule has 6 heavy (non-hydrogen) atoms. The molecule has 0 rings (SSSR count). The van der Waals surface area contributed by atoms with Gasteiger partial charge in [0.1, 0.15) is 5.94 Å². The molecule has 0 aliphatic rings. The standard InChI is InChI=1S/CH4O3S.Al.3H/c2-1-5(3)4;;;;/h2H,1H2,(H,3,4);;;;. The second-order valence-corrected chi connectivity index (χ2v) is 1.35. The van der Waals surface area contributed by atoms with E-state index in [9.17, 15) is 4.21 Å². The van der Waals surface area contributed by atoms with Crippen LogP contribution in [0.5, 0.6) is 0 Å². The lowest BCUT2D eigenvalue weighted by Crippen LogP contribution is -1.89. The first-order valence-corrected chi connectivity index (χ1v) is 2.23. The van der Waals surface area contributed by atoms with E-state index in [1.807, 2.05) is 0 Å². The van der Waals surface area contributed by atoms with E-state index in [0.717, 1.165) is 0 Å². The lowest BCUT2D eigenvalue weighted by molar-refractivity contribution is 0.354. The molecule has 0 saturated carbocycles. The molecule has 0 spiro atoms. The summed E-state index contributed by atoms with van der Waals surface area (Å²) in [4.78, 5) is 0. The first kappa shape index (κ1) is 9.78. The third-order valence-electron chi connectivity index (χ3n) is 0.110. The molecule has 0 saturated heterocycles. The van der Waals surface area contributed by atoms with Crippen LogP contribution in [-0.2, 0) is 11.1 Å². The zero-order valence-electron chi connectivity index (χ0n) is 2.42. The molecule has 3 nitrogen and oxygen atoms in total. The van der Waals surface area contributed by atoms with E-state index in [0.29, 0.717) is 0 Å². The third-order valence-corrected chi connectivity index (χ3v) is 0.331. The normalized spacial score (nSPS) is 12.3. The summed E-state index contributed by atoms with van der Waals surface area (Å²) in [6.45, 7) is 0. The molecule has 0 heterocycles. The van der Waals surface area contributed by atoms with E-state index in [2.05, 4.69) is 0 Å². The van der Waals surface area contributed by atoms with Gasteiger partial charge in [0.2, 0.25) is 0 Å². The van der Waals surface area contributed by atoms with Crippen molar-refractivity contribution in [2.75, 3.05) is 5.94 Å². The van der Waals surface area contributed by atoms with Crippen LogP contribution in [0.3, 0.4) is 0 Å². The fraction of sp³-hybridized carbons (Fsp3) is 1.00. The minimum absolute atomic E-state index is 0. The summed E-state index contributed by atoms with van der Waals surface area (Å²) in [6, 6.07) is 0. The molecule has 0 radical (unpaired) electrons. The highest BCUT2D eigenvalue weighted by Crippen LogP contribution is 1.59. The van der Waals surface area contributed by atoms with E-state index in [-0.39, 0.29) is 17.4 Å². The van der Waals surface area contributed by atoms with Gasteiger partial charge in [0, 0.05) is 0 Å². The van der Waals surface area contributed by atoms with Crippen molar-refractivity contribution in [3.63, 3.8) is 0 Å². The Morgan fingerprint density at radius 2 is 1.83 bits per heavy atom. The van der Waals surface area contributed by atoms with E-state index < -0.39 is 17.0 Å². The molecule has 0 fully saturated rings. The molecule has 1 atom stereocenters. The van der Waals surface area contributed by atoms with Gasteiger partial charge in [0.15, 0.2) is 28.4 Å². The molecule has 2 N–H and O–H groups in total. The van der Waals surface area contributed by atoms with Gasteiger partial charge in [0.05, 0.1) is 0 Å². The van der Waals surface area contributed by atoms with Crippen molar-refractivity contribution < 1.29 is 13.9 Å². The number of aliphatic hydroxyl groups excluding tert-OH is 1. The quantitative estimate of drug-likeness (QED) is 0.315. The Balaban J connectivity index is 0. The van der Waals surface area contributed by atoms with Gasteiger partial charge in [0.25, 0.3) is 0 Å². The maximum Gasteiger partial charge on any atom is 0.187 e. The van der Waals surface area contributed by atoms with Gasteiger partial charge in [-0.3, -0.25) is 0 Å². The lowest BCUT2D eigenvalue weighted by atomic mass is 11.7. The van der Waals surface area contributed by atoms with E-state index in [4.69, 9.17) is 9.66 Å². The van der Waals surface area contributed by atoms with Crippen LogP contribution in [0.1, 0.15) is 0 Å². The zero-order chi connectivity index (χ0) is 4.28. The number of rotatable bonds is 1. The predicted octanol–water partition coefficient (Wildman–Crippen LogP) is -2.03. The molecule has 5 heteroatoms. The fourth-order valence-corrected chi connectivity index (χ4v) is 0. The molecule has 1 unspecified atom stereocenters. The number of hydrogen-bond donors (Lipinski definition) is 2. The minimum Gasteiger partial charge on any atom is -0.381 e. The van der Waals surface area contributed by atoms with Crippen molar-refractivity contribution in [2.45, 2.75) is 0 Å². The highest BCUT2D eigenvalue weighted by atomic mass is 32.2. The van der Waals surface area contributed by atoms with Crippen LogP contribution < -0.4 is 0 Å². The largest absolute Gasteiger partial charge is 0.381 e. The molecule has 0 bridgehead atoms. The summed E-state index contributed by atoms with van der Waals surface area (Å²) in [5.41, 5.74) is 0. The third kappa shape index (κ3) is 8.82. The molecular formula is CH7AlO3S. The van der Waals surface area contributed by atoms with Crippen LogP contribution in [0.2, 0.25) is 0 Å². The highest BCUT2D eigenvalue weighted by molar-refractivity contribution is 7.78. The number of aliphatic hydroxyl groups is 1. The topological polar surface area (TPSA) is 57.5 Å². The first-order valence-electron chi connectivity index (χ1n) is 0.954. The Kier molecular flexibility index (Phi) is 9.14. The SMILES string of the molecule is O=S(O)CO.[AlH3]. The Bertz CT molecular complexity index is 46.1. The molecule has 0 aliphatic heterocycles. The maximum atomic E-state index is 9.23. The lowest BCUT2D eigenvalue weighted by Gasteiger charge is -1.73. The van der Waals surface area contributed by atoms with Crippen molar-refractivity contribution >= 4 is 28.4 Å². The Hall–Kier alpha value is 0.602. The molecule has 38 valence electrons. The van der Waals surface area contributed by atoms with Crippen molar-refractivity contribution in [1.29, 1.82) is 0 Å². The second-order valence-electron chi connectivity index (χ2n) is 0.451. The summed E-state index contributed by atoms with van der Waals surface area (Å²) in [5.74, 6) is -0.667. The average molecular weight is 126 g/mol. The van der Waals surface area contributed by atoms with Gasteiger partial charge < -0.3 is 9.66 Å². The summed E-state index contributed by atoms with van der Waals surface area (Å²) in [5, 5.41) is 7.59. The predicted molar refractivity (Wildman–Crippen MR) is 27.8 cm³/mol. The monoisotopic (exact) mass is 126 g/mol. The highest BCUT2D eigenvalue weighted by Gasteiger charge is 1.77. The maximum absolute atomic E-state index is 9.23. The Morgan fingerprint density at radius 1 is 1.67 bits per heavy atom. The van der Waals surface area contributed by atoms with Crippen molar-refractivity contribution in [1.82, 2.24) is 0 Å². The van der Waals surface area contributed by atoms with E-state index in [1.54, 1.807) is 0 Å². The van der Waals surface area contributed by atoms with Gasteiger partial charge in [-0.1, -0.05) is 0 Å². The van der Waals surface area contributed by atoms with Gasteiger partial charge in [-0.2, -0.15) is 0 Å². The minimum atomic E-state index is -2.02. The van der Waals surface area contributed by atoms with Gasteiger partial charge >= 0.3 is 0 Å². The second kappa shape index (κ2) is 5.60. The summed E-state index contributed by atoms with van der Waals surface area (Å²) in [6.07, 6.45) is 0. The Labute approximate surface area is 48.8 Å². The summed E-state index contributed by atoms with van der Waals surface area (Å²) in [7, 11) is 0. The van der Waals surface area contributed by atoms with Crippen LogP contribution in [0.25, 0.3) is 0 Å². The average Bonchev–Trinajstić information content (AvgIpc) is 1.38. The van der Waals surface area contributed by atoms with Gasteiger partial charge in [-0.05, 0) is 0 Å². The first-order chi connectivity index (χ1) is 2.27. The van der Waals surface area contributed by atoms with E-state index >= 15 is 0 Å². The summed E-state index contributed by atoms with van der Waals surface area (Å²) < 4.78 is 16.8. The molecule has 0 aromatic carbocycles. The van der Waals surface area contributed by atoms with Crippen molar-refractivity contribution in [3.05, 3.63) is 0 Å². The molecule has 0 amide bonds. The molecule has 0 aromatic heterocycles. The van der Waals surface area contributed by atoms with E-state index in [1.165, 1.54) is 0 Å². The van der Waals surface area contributed by atoms with Crippen LogP contribution in [-0.4, -0.2) is 37.2 Å². The zero-order valence-corrected chi connectivity index (χ0v) is 3.23. The van der Waals surface area contributed by atoms with Crippen molar-refractivity contribution in [3.8, 4) is 0 Å². The van der Waals surface area contributed by atoms with Crippen molar-refractivity contribution in [2.24, 2.45) is 0 Å².